The molecular formula is C4H6K2N2S2. The molecule has 1 heterocycles. The Morgan fingerprint density at radius 2 is 1.90 bits per heavy atom. The summed E-state index contributed by atoms with van der Waals surface area (Å²) in [5.41, 5.74) is 0. The van der Waals surface area contributed by atoms with Gasteiger partial charge in [-0.2, -0.15) is 0 Å². The summed E-state index contributed by atoms with van der Waals surface area (Å²) in [5.74, 6) is 0. The molecule has 46 valence electrons. The van der Waals surface area contributed by atoms with Crippen LogP contribution in [-0.2, 0) is 0 Å². The van der Waals surface area contributed by atoms with Crippen molar-refractivity contribution in [3.8, 4) is 0 Å². The summed E-state index contributed by atoms with van der Waals surface area (Å²) >= 11 is 9.48. The summed E-state index contributed by atoms with van der Waals surface area (Å²) < 4.78 is 1.23. The first-order valence-electron chi connectivity index (χ1n) is 2.07. The van der Waals surface area contributed by atoms with Crippen LogP contribution in [-0.4, -0.2) is 9.97 Å². The molecule has 0 spiro atoms. The second-order valence-electron chi connectivity index (χ2n) is 1.30. The van der Waals surface area contributed by atoms with Gasteiger partial charge in [0, 0.05) is 6.20 Å². The van der Waals surface area contributed by atoms with E-state index in [9.17, 15) is 0 Å². The van der Waals surface area contributed by atoms with Crippen molar-refractivity contribution >= 4 is 24.4 Å². The minimum absolute atomic E-state index is 0. The van der Waals surface area contributed by atoms with Crippen LogP contribution in [0.15, 0.2) is 12.3 Å². The van der Waals surface area contributed by atoms with Crippen molar-refractivity contribution in [3.05, 3.63) is 21.7 Å². The first-order chi connectivity index (χ1) is 3.79. The number of nitrogens with one attached hydrogen (secondary N) is 2. The molecule has 0 aliphatic carbocycles. The van der Waals surface area contributed by atoms with Crippen molar-refractivity contribution in [2.24, 2.45) is 0 Å². The first-order valence-corrected chi connectivity index (χ1v) is 2.89. The molecule has 2 nitrogen and oxygen atoms in total. The average Bonchev–Trinajstić information content (AvgIpc) is 1.64. The Bertz CT molecular complexity index is 261. The van der Waals surface area contributed by atoms with Crippen LogP contribution in [0.25, 0.3) is 0 Å². The van der Waals surface area contributed by atoms with Crippen LogP contribution in [0.5, 0.6) is 0 Å². The van der Waals surface area contributed by atoms with Gasteiger partial charge in [-0.25, -0.2) is 0 Å². The van der Waals surface area contributed by atoms with E-state index in [-0.39, 0.29) is 106 Å². The van der Waals surface area contributed by atoms with Gasteiger partial charge in [0.2, 0.25) is 0 Å². The maximum Gasteiger partial charge on any atom is 1.00 e. The Morgan fingerprint density at radius 3 is 2.20 bits per heavy atom. The minimum atomic E-state index is 0. The van der Waals surface area contributed by atoms with Gasteiger partial charge < -0.3 is 12.8 Å². The summed E-state index contributed by atoms with van der Waals surface area (Å²) in [7, 11) is 0. The van der Waals surface area contributed by atoms with Crippen LogP contribution in [0, 0.1) is 9.41 Å². The third kappa shape index (κ3) is 6.32. The van der Waals surface area contributed by atoms with E-state index in [0.29, 0.717) is 9.41 Å². The predicted octanol–water partition coefficient (Wildman–Crippen LogP) is -3.97. The van der Waals surface area contributed by atoms with E-state index in [1.165, 1.54) is 0 Å². The number of H-pyrrole nitrogens is 2. The second-order valence-corrected chi connectivity index (χ2v) is 2.14. The van der Waals surface area contributed by atoms with Gasteiger partial charge in [0.15, 0.2) is 4.77 Å². The SMILES string of the molecule is S=c1cc[nH]c(=S)[nH]1.[H-].[H-].[K+].[K+]. The molecule has 10 heavy (non-hydrogen) atoms. The molecule has 0 amide bonds. The molecule has 0 saturated carbocycles. The zero-order valence-corrected chi connectivity index (χ0v) is 13.9. The number of hydrogen-bond donors (Lipinski definition) is 2. The van der Waals surface area contributed by atoms with Gasteiger partial charge in [-0.1, -0.05) is 12.2 Å². The molecule has 0 bridgehead atoms. The Morgan fingerprint density at radius 1 is 1.30 bits per heavy atom. The molecule has 2 N–H and O–H groups in total. The number of rotatable bonds is 0. The Labute approximate surface area is 157 Å². The molecule has 0 fully saturated rings. The molecule has 0 aliphatic heterocycles. The van der Waals surface area contributed by atoms with E-state index in [1.54, 1.807) is 12.3 Å². The number of aromatic amines is 2. The predicted molar refractivity (Wildman–Crippen MR) is 39.0 cm³/mol. The maximum atomic E-state index is 4.76. The fraction of sp³-hybridized carbons (Fsp3) is 0. The third-order valence-electron chi connectivity index (χ3n) is 0.686. The normalized spacial score (nSPS) is 7.20. The van der Waals surface area contributed by atoms with Crippen LogP contribution in [0.2, 0.25) is 0 Å². The van der Waals surface area contributed by atoms with E-state index in [4.69, 9.17) is 24.4 Å². The van der Waals surface area contributed by atoms with Crippen molar-refractivity contribution in [3.63, 3.8) is 0 Å². The van der Waals surface area contributed by atoms with Crippen LogP contribution in [0.3, 0.4) is 0 Å². The van der Waals surface area contributed by atoms with Gasteiger partial charge in [0.05, 0.1) is 0 Å². The molecule has 0 radical (unpaired) electrons. The Hall–Kier alpha value is 2.79. The fourth-order valence-corrected chi connectivity index (χ4v) is 0.795. The van der Waals surface area contributed by atoms with E-state index < -0.39 is 0 Å². The largest absolute Gasteiger partial charge is 1.00 e. The van der Waals surface area contributed by atoms with Crippen LogP contribution in [0.1, 0.15) is 2.85 Å². The zero-order chi connectivity index (χ0) is 5.98. The van der Waals surface area contributed by atoms with E-state index >= 15 is 0 Å². The van der Waals surface area contributed by atoms with Crippen LogP contribution >= 0.6 is 24.4 Å². The Balaban J connectivity index is -0.0000000800. The van der Waals surface area contributed by atoms with Gasteiger partial charge in [-0.05, 0) is 18.3 Å². The second kappa shape index (κ2) is 8.39. The van der Waals surface area contributed by atoms with Crippen molar-refractivity contribution in [1.82, 2.24) is 9.97 Å². The fourth-order valence-electron chi connectivity index (χ4n) is 0.383. The molecule has 0 saturated heterocycles. The smallest absolute Gasteiger partial charge is 1.00 e. The summed E-state index contributed by atoms with van der Waals surface area (Å²) in [6.45, 7) is 0. The molecule has 1 aromatic heterocycles. The van der Waals surface area contributed by atoms with Gasteiger partial charge in [0.25, 0.3) is 0 Å². The summed E-state index contributed by atoms with van der Waals surface area (Å²) in [5, 5.41) is 0. The monoisotopic (exact) mass is 224 g/mol. The first kappa shape index (κ1) is 15.3. The van der Waals surface area contributed by atoms with E-state index in [2.05, 4.69) is 9.97 Å². The van der Waals surface area contributed by atoms with E-state index in [1.807, 2.05) is 0 Å². The average molecular weight is 224 g/mol. The summed E-state index contributed by atoms with van der Waals surface area (Å²) in [6, 6.07) is 1.74. The van der Waals surface area contributed by atoms with Gasteiger partial charge in [-0.15, -0.1) is 0 Å². The number of aromatic nitrogens is 2. The maximum absolute atomic E-state index is 4.76. The zero-order valence-electron chi connectivity index (χ0n) is 7.97. The Kier molecular flexibility index (Phi) is 12.8. The van der Waals surface area contributed by atoms with Gasteiger partial charge in [-0.3, -0.25) is 0 Å². The molecule has 1 aromatic rings. The molecule has 0 aliphatic rings. The topological polar surface area (TPSA) is 31.6 Å². The van der Waals surface area contributed by atoms with Crippen molar-refractivity contribution in [2.75, 3.05) is 0 Å². The summed E-state index contributed by atoms with van der Waals surface area (Å²) in [4.78, 5) is 5.51. The minimum Gasteiger partial charge on any atom is -1.00 e. The molecule has 0 atom stereocenters. The summed E-state index contributed by atoms with van der Waals surface area (Å²) in [6.07, 6.45) is 1.71. The molecule has 6 heteroatoms. The van der Waals surface area contributed by atoms with Gasteiger partial charge >= 0.3 is 103 Å². The van der Waals surface area contributed by atoms with Crippen molar-refractivity contribution in [1.29, 1.82) is 0 Å². The van der Waals surface area contributed by atoms with E-state index in [0.717, 1.165) is 0 Å². The molecule has 1 rings (SSSR count). The van der Waals surface area contributed by atoms with Gasteiger partial charge in [0.1, 0.15) is 4.64 Å². The molecule has 0 aromatic carbocycles. The van der Waals surface area contributed by atoms with Crippen molar-refractivity contribution in [2.45, 2.75) is 0 Å². The molecular weight excluding hydrogens is 218 g/mol. The van der Waals surface area contributed by atoms with Crippen LogP contribution < -0.4 is 103 Å². The van der Waals surface area contributed by atoms with Crippen LogP contribution in [0.4, 0.5) is 0 Å². The number of hydrogen-bond acceptors (Lipinski definition) is 2. The quantitative estimate of drug-likeness (QED) is 0.348. The third-order valence-corrected chi connectivity index (χ3v) is 1.14. The van der Waals surface area contributed by atoms with Crippen molar-refractivity contribution < 1.29 is 106 Å². The standard InChI is InChI=1S/C4H4N2S2.2K.2H/c7-3-1-2-5-4(8)6-3;;;;/h1-2H,(H2,5,6,7,8);;;;/q;2*+1;2*-1. The molecule has 0 unspecified atom stereocenters.